The Kier molecular flexibility index (Phi) is 5.79. The average molecular weight is 446 g/mol. The second kappa shape index (κ2) is 9.20. The van der Waals surface area contributed by atoms with Crippen molar-refractivity contribution < 1.29 is 14.7 Å². The van der Waals surface area contributed by atoms with Crippen LogP contribution in [0.2, 0.25) is 0 Å². The van der Waals surface area contributed by atoms with Gasteiger partial charge >= 0.3 is 5.97 Å². The van der Waals surface area contributed by atoms with E-state index in [9.17, 15) is 14.7 Å². The summed E-state index contributed by atoms with van der Waals surface area (Å²) < 4.78 is 1.95. The van der Waals surface area contributed by atoms with Crippen LogP contribution in [0.3, 0.4) is 0 Å². The minimum atomic E-state index is -0.962. The van der Waals surface area contributed by atoms with Gasteiger partial charge < -0.3 is 9.67 Å². The van der Waals surface area contributed by atoms with Crippen molar-refractivity contribution in [1.29, 1.82) is 0 Å². The Hall–Kier alpha value is -4.44. The Morgan fingerprint density at radius 2 is 1.26 bits per heavy atom. The van der Waals surface area contributed by atoms with Crippen molar-refractivity contribution in [2.75, 3.05) is 0 Å². The summed E-state index contributed by atoms with van der Waals surface area (Å²) in [5.74, 6) is -1.14. The summed E-state index contributed by atoms with van der Waals surface area (Å²) in [5.41, 5.74) is 5.50. The van der Waals surface area contributed by atoms with Crippen molar-refractivity contribution >= 4 is 22.7 Å². The van der Waals surface area contributed by atoms with Crippen LogP contribution in [0, 0.1) is 0 Å². The highest BCUT2D eigenvalue weighted by molar-refractivity contribution is 6.13. The monoisotopic (exact) mass is 445 g/mol. The molecule has 166 valence electrons. The average Bonchev–Trinajstić information content (AvgIpc) is 3.17. The normalized spacial score (nSPS) is 10.9. The molecule has 5 aromatic rings. The maximum atomic E-state index is 13.9. The molecule has 0 aliphatic heterocycles. The topological polar surface area (TPSA) is 59.3 Å². The van der Waals surface area contributed by atoms with Crippen molar-refractivity contribution in [3.63, 3.8) is 0 Å². The van der Waals surface area contributed by atoms with Crippen molar-refractivity contribution in [3.8, 4) is 11.1 Å². The summed E-state index contributed by atoms with van der Waals surface area (Å²) in [6.45, 7) is 0.476. The molecule has 0 aliphatic carbocycles. The molecule has 0 bridgehead atoms. The van der Waals surface area contributed by atoms with Crippen LogP contribution >= 0.6 is 0 Å². The number of nitrogens with zero attached hydrogens (tertiary/aromatic N) is 1. The lowest BCUT2D eigenvalue weighted by atomic mass is 9.98. The van der Waals surface area contributed by atoms with Gasteiger partial charge in [0.15, 0.2) is 0 Å². The van der Waals surface area contributed by atoms with Crippen molar-refractivity contribution in [1.82, 2.24) is 4.57 Å². The van der Waals surface area contributed by atoms with E-state index in [1.807, 2.05) is 114 Å². The molecule has 1 aromatic heterocycles. The summed E-state index contributed by atoms with van der Waals surface area (Å²) >= 11 is 0. The number of fused-ring (bicyclic) bond motifs is 1. The van der Waals surface area contributed by atoms with Gasteiger partial charge in [-0.05, 0) is 22.8 Å². The molecule has 0 atom stereocenters. The number of para-hydroxylation sites is 1. The minimum Gasteiger partial charge on any atom is -0.481 e. The van der Waals surface area contributed by atoms with E-state index >= 15 is 0 Å². The number of carboxylic acid groups (broad SMARTS) is 1. The molecule has 1 heterocycles. The Balaban J connectivity index is 1.64. The zero-order valence-electron chi connectivity index (χ0n) is 18.5. The number of hydrogen-bond donors (Lipinski definition) is 1. The molecule has 0 radical (unpaired) electrons. The summed E-state index contributed by atoms with van der Waals surface area (Å²) in [5, 5.41) is 10.4. The first kappa shape index (κ1) is 21.4. The van der Waals surface area contributed by atoms with E-state index < -0.39 is 5.97 Å². The molecule has 1 N–H and O–H groups in total. The molecule has 0 spiro atoms. The van der Waals surface area contributed by atoms with Crippen molar-refractivity contribution in [2.45, 2.75) is 13.0 Å². The molecule has 0 amide bonds. The van der Waals surface area contributed by atoms with E-state index in [0.717, 1.165) is 27.6 Å². The number of aliphatic carboxylic acids is 1. The highest BCUT2D eigenvalue weighted by atomic mass is 16.4. The van der Waals surface area contributed by atoms with E-state index in [0.29, 0.717) is 23.4 Å². The molecule has 5 rings (SSSR count). The summed E-state index contributed by atoms with van der Waals surface area (Å²) in [6, 6.07) is 35.0. The third-order valence-corrected chi connectivity index (χ3v) is 6.06. The number of aromatic nitrogens is 1. The fourth-order valence-electron chi connectivity index (χ4n) is 4.48. The molecule has 34 heavy (non-hydrogen) atoms. The minimum absolute atomic E-state index is 0.178. The number of ketones is 1. The van der Waals surface area contributed by atoms with Gasteiger partial charge in [0.1, 0.15) is 0 Å². The smallest absolute Gasteiger partial charge is 0.307 e. The third kappa shape index (κ3) is 4.14. The molecule has 0 saturated carbocycles. The fraction of sp³-hybridized carbons (Fsp3) is 0.0667. The molecular formula is C30H23NO3. The molecule has 0 unspecified atom stereocenters. The molecule has 0 saturated heterocycles. The summed E-state index contributed by atoms with van der Waals surface area (Å²) in [6.07, 6.45) is -0.217. The van der Waals surface area contributed by atoms with E-state index in [1.165, 1.54) is 0 Å². The first-order valence-electron chi connectivity index (χ1n) is 11.2. The largest absolute Gasteiger partial charge is 0.481 e. The van der Waals surface area contributed by atoms with E-state index in [4.69, 9.17) is 0 Å². The maximum absolute atomic E-state index is 13.9. The van der Waals surface area contributed by atoms with Gasteiger partial charge in [0.05, 0.1) is 12.1 Å². The SMILES string of the molecule is O=C(O)Cc1c(C(=O)c2ccc(-c3ccccc3)cc2)n(Cc2ccccc2)c2ccccc12. The Morgan fingerprint density at radius 1 is 0.676 bits per heavy atom. The van der Waals surface area contributed by atoms with Crippen LogP contribution < -0.4 is 0 Å². The van der Waals surface area contributed by atoms with Gasteiger partial charge in [-0.3, -0.25) is 9.59 Å². The van der Waals surface area contributed by atoms with Gasteiger partial charge in [-0.15, -0.1) is 0 Å². The van der Waals surface area contributed by atoms with Crippen LogP contribution in [0.1, 0.15) is 27.2 Å². The highest BCUT2D eigenvalue weighted by Gasteiger charge is 2.25. The lowest BCUT2D eigenvalue weighted by Gasteiger charge is -2.12. The standard InChI is InChI=1S/C30H23NO3/c32-28(33)19-26-25-13-7-8-14-27(25)31(20-21-9-3-1-4-10-21)29(26)30(34)24-17-15-23(16-18-24)22-11-5-2-6-12-22/h1-18H,19-20H2,(H,32,33). The highest BCUT2D eigenvalue weighted by Crippen LogP contribution is 2.30. The lowest BCUT2D eigenvalue weighted by molar-refractivity contribution is -0.136. The predicted octanol–water partition coefficient (Wildman–Crippen LogP) is 6.21. The molecule has 0 aliphatic rings. The number of rotatable bonds is 7. The lowest BCUT2D eigenvalue weighted by Crippen LogP contribution is -2.15. The quantitative estimate of drug-likeness (QED) is 0.303. The van der Waals surface area contributed by atoms with Crippen molar-refractivity contribution in [2.24, 2.45) is 0 Å². The fourth-order valence-corrected chi connectivity index (χ4v) is 4.48. The van der Waals surface area contributed by atoms with Gasteiger partial charge in [0, 0.05) is 28.6 Å². The van der Waals surface area contributed by atoms with Gasteiger partial charge in [-0.25, -0.2) is 0 Å². The molecular weight excluding hydrogens is 422 g/mol. The number of carbonyl (C=O) groups excluding carboxylic acids is 1. The Labute approximate surface area is 197 Å². The number of carbonyl (C=O) groups is 2. The van der Waals surface area contributed by atoms with E-state index in [2.05, 4.69) is 0 Å². The van der Waals surface area contributed by atoms with E-state index in [-0.39, 0.29) is 12.2 Å². The number of carboxylic acids is 1. The van der Waals surface area contributed by atoms with Gasteiger partial charge in [-0.2, -0.15) is 0 Å². The number of benzene rings is 4. The number of hydrogen-bond acceptors (Lipinski definition) is 2. The van der Waals surface area contributed by atoms with Crippen LogP contribution in [0.5, 0.6) is 0 Å². The summed E-state index contributed by atoms with van der Waals surface area (Å²) in [4.78, 5) is 25.6. The van der Waals surface area contributed by atoms with E-state index in [1.54, 1.807) is 0 Å². The molecule has 0 fully saturated rings. The molecule has 4 nitrogen and oxygen atoms in total. The molecule has 4 heteroatoms. The Morgan fingerprint density at radius 3 is 1.94 bits per heavy atom. The van der Waals surface area contributed by atoms with Crippen LogP contribution in [0.15, 0.2) is 109 Å². The van der Waals surface area contributed by atoms with Crippen LogP contribution in [-0.2, 0) is 17.8 Å². The van der Waals surface area contributed by atoms with Gasteiger partial charge in [-0.1, -0.05) is 103 Å². The van der Waals surface area contributed by atoms with Crippen LogP contribution in [0.4, 0.5) is 0 Å². The zero-order valence-corrected chi connectivity index (χ0v) is 18.5. The second-order valence-electron chi connectivity index (χ2n) is 8.26. The predicted molar refractivity (Wildman–Crippen MR) is 134 cm³/mol. The maximum Gasteiger partial charge on any atom is 0.307 e. The van der Waals surface area contributed by atoms with Crippen LogP contribution in [0.25, 0.3) is 22.0 Å². The third-order valence-electron chi connectivity index (χ3n) is 6.06. The van der Waals surface area contributed by atoms with Gasteiger partial charge in [0.2, 0.25) is 5.78 Å². The van der Waals surface area contributed by atoms with Crippen LogP contribution in [-0.4, -0.2) is 21.4 Å². The first-order valence-corrected chi connectivity index (χ1v) is 11.2. The first-order chi connectivity index (χ1) is 16.6. The summed E-state index contributed by atoms with van der Waals surface area (Å²) in [7, 11) is 0. The second-order valence-corrected chi connectivity index (χ2v) is 8.26. The molecule has 4 aromatic carbocycles. The Bertz CT molecular complexity index is 1470. The van der Waals surface area contributed by atoms with Gasteiger partial charge in [0.25, 0.3) is 0 Å². The van der Waals surface area contributed by atoms with Crippen molar-refractivity contribution in [3.05, 3.63) is 132 Å². The zero-order chi connectivity index (χ0) is 23.5.